The minimum atomic E-state index is -0.606. The number of ether oxygens (including phenoxy) is 1. The summed E-state index contributed by atoms with van der Waals surface area (Å²) < 4.78 is 5.86. The number of nitrogens with one attached hydrogen (secondary N) is 3. The quantitative estimate of drug-likeness (QED) is 0.299. The summed E-state index contributed by atoms with van der Waals surface area (Å²) in [5.41, 5.74) is 8.35. The molecule has 3 heterocycles. The van der Waals surface area contributed by atoms with Crippen LogP contribution in [0.5, 0.6) is 5.75 Å². The number of nitrogens with zero attached hydrogens (tertiary/aromatic N) is 3. The molecule has 0 aliphatic carbocycles. The SMILES string of the molecule is NC(=O)c1cnc(Nc2ccc(OCCN3CCCC3)cc2)nc1Nc1cccc2[nH]ccc12. The molecule has 1 fully saturated rings. The molecule has 174 valence electrons. The Morgan fingerprint density at radius 1 is 1.09 bits per heavy atom. The molecule has 1 saturated heterocycles. The molecule has 0 unspecified atom stereocenters. The predicted octanol–water partition coefficient (Wildman–Crippen LogP) is 4.02. The maximum absolute atomic E-state index is 12.0. The molecule has 34 heavy (non-hydrogen) atoms. The second-order valence-corrected chi connectivity index (χ2v) is 8.24. The van der Waals surface area contributed by atoms with E-state index in [1.807, 2.05) is 54.7 Å². The number of carbonyl (C=O) groups excluding carboxylic acids is 1. The Bertz CT molecular complexity index is 1280. The number of aromatic amines is 1. The average molecular weight is 458 g/mol. The van der Waals surface area contributed by atoms with Crippen molar-refractivity contribution in [2.24, 2.45) is 5.73 Å². The number of fused-ring (bicyclic) bond motifs is 1. The molecule has 0 spiro atoms. The molecular formula is C25H27N7O2. The van der Waals surface area contributed by atoms with Gasteiger partial charge in [-0.25, -0.2) is 4.98 Å². The van der Waals surface area contributed by atoms with E-state index in [0.29, 0.717) is 18.4 Å². The first-order valence-corrected chi connectivity index (χ1v) is 11.4. The maximum atomic E-state index is 12.0. The Hall–Kier alpha value is -4.11. The molecule has 1 aliphatic rings. The van der Waals surface area contributed by atoms with E-state index in [4.69, 9.17) is 10.5 Å². The Balaban J connectivity index is 1.28. The molecule has 0 bridgehead atoms. The third kappa shape index (κ3) is 4.94. The number of nitrogens with two attached hydrogens (primary N) is 1. The minimum Gasteiger partial charge on any atom is -0.492 e. The van der Waals surface area contributed by atoms with Gasteiger partial charge in [0.25, 0.3) is 5.91 Å². The van der Waals surface area contributed by atoms with Gasteiger partial charge >= 0.3 is 0 Å². The number of hydrogen-bond donors (Lipinski definition) is 4. The smallest absolute Gasteiger partial charge is 0.254 e. The highest BCUT2D eigenvalue weighted by Crippen LogP contribution is 2.27. The van der Waals surface area contributed by atoms with E-state index < -0.39 is 5.91 Å². The van der Waals surface area contributed by atoms with E-state index in [2.05, 4.69) is 30.5 Å². The Labute approximate surface area is 197 Å². The van der Waals surface area contributed by atoms with Crippen molar-refractivity contribution in [2.75, 3.05) is 36.9 Å². The van der Waals surface area contributed by atoms with Gasteiger partial charge in [0.15, 0.2) is 0 Å². The Morgan fingerprint density at radius 3 is 2.71 bits per heavy atom. The molecule has 5 rings (SSSR count). The monoisotopic (exact) mass is 457 g/mol. The fraction of sp³-hybridized carbons (Fsp3) is 0.240. The number of rotatable bonds is 9. The predicted molar refractivity (Wildman–Crippen MR) is 133 cm³/mol. The van der Waals surface area contributed by atoms with E-state index in [1.165, 1.54) is 19.0 Å². The number of likely N-dealkylation sites (tertiary alicyclic amines) is 1. The summed E-state index contributed by atoms with van der Waals surface area (Å²) in [6.45, 7) is 3.95. The van der Waals surface area contributed by atoms with Gasteiger partial charge in [-0.3, -0.25) is 9.69 Å². The van der Waals surface area contributed by atoms with Crippen LogP contribution in [-0.4, -0.2) is 52.0 Å². The molecule has 0 radical (unpaired) electrons. The number of anilines is 4. The van der Waals surface area contributed by atoms with Crippen LogP contribution in [0.25, 0.3) is 10.9 Å². The molecule has 0 saturated carbocycles. The van der Waals surface area contributed by atoms with E-state index in [1.54, 1.807) is 0 Å². The van der Waals surface area contributed by atoms with Crippen molar-refractivity contribution in [2.45, 2.75) is 12.8 Å². The lowest BCUT2D eigenvalue weighted by Gasteiger charge is -2.15. The van der Waals surface area contributed by atoms with Crippen molar-refractivity contribution in [3.05, 3.63) is 66.5 Å². The van der Waals surface area contributed by atoms with Gasteiger partial charge in [0.05, 0.1) is 0 Å². The molecule has 9 heteroatoms. The van der Waals surface area contributed by atoms with Crippen LogP contribution in [0, 0.1) is 0 Å². The molecule has 1 aliphatic heterocycles. The summed E-state index contributed by atoms with van der Waals surface area (Å²) in [5, 5.41) is 7.38. The number of H-pyrrole nitrogens is 1. The summed E-state index contributed by atoms with van der Waals surface area (Å²) in [5.74, 6) is 0.888. The molecule has 2 aromatic carbocycles. The highest BCUT2D eigenvalue weighted by atomic mass is 16.5. The second kappa shape index (κ2) is 9.80. The Kier molecular flexibility index (Phi) is 6.26. The topological polar surface area (TPSA) is 121 Å². The summed E-state index contributed by atoms with van der Waals surface area (Å²) in [4.78, 5) is 26.3. The third-order valence-electron chi connectivity index (χ3n) is 5.89. The fourth-order valence-electron chi connectivity index (χ4n) is 4.10. The van der Waals surface area contributed by atoms with Crippen molar-refractivity contribution in [3.8, 4) is 5.75 Å². The molecule has 9 nitrogen and oxygen atoms in total. The van der Waals surface area contributed by atoms with Gasteiger partial charge in [-0.1, -0.05) is 6.07 Å². The zero-order chi connectivity index (χ0) is 23.3. The fourth-order valence-corrected chi connectivity index (χ4v) is 4.10. The van der Waals surface area contributed by atoms with Gasteiger partial charge < -0.3 is 26.1 Å². The first-order valence-electron chi connectivity index (χ1n) is 11.4. The average Bonchev–Trinajstić information content (AvgIpc) is 3.53. The Morgan fingerprint density at radius 2 is 1.91 bits per heavy atom. The summed E-state index contributed by atoms with van der Waals surface area (Å²) in [6.07, 6.45) is 5.84. The van der Waals surface area contributed by atoms with Crippen LogP contribution >= 0.6 is 0 Å². The molecular weight excluding hydrogens is 430 g/mol. The highest BCUT2D eigenvalue weighted by molar-refractivity contribution is 6.00. The number of aromatic nitrogens is 3. The third-order valence-corrected chi connectivity index (χ3v) is 5.89. The van der Waals surface area contributed by atoms with E-state index in [0.717, 1.165) is 47.7 Å². The first-order chi connectivity index (χ1) is 16.7. The molecule has 2 aromatic heterocycles. The van der Waals surface area contributed by atoms with Crippen molar-refractivity contribution < 1.29 is 9.53 Å². The zero-order valence-corrected chi connectivity index (χ0v) is 18.8. The van der Waals surface area contributed by atoms with Crippen LogP contribution in [0.1, 0.15) is 23.2 Å². The van der Waals surface area contributed by atoms with Gasteiger partial charge in [0.1, 0.15) is 23.7 Å². The second-order valence-electron chi connectivity index (χ2n) is 8.24. The molecule has 4 aromatic rings. The van der Waals surface area contributed by atoms with E-state index >= 15 is 0 Å². The van der Waals surface area contributed by atoms with Crippen LogP contribution in [0.15, 0.2) is 60.9 Å². The number of benzene rings is 2. The zero-order valence-electron chi connectivity index (χ0n) is 18.8. The van der Waals surface area contributed by atoms with Crippen molar-refractivity contribution in [1.82, 2.24) is 19.9 Å². The number of primary amides is 1. The van der Waals surface area contributed by atoms with Crippen LogP contribution in [0.4, 0.5) is 23.1 Å². The lowest BCUT2D eigenvalue weighted by Crippen LogP contribution is -2.25. The first kappa shape index (κ1) is 21.7. The molecule has 0 atom stereocenters. The van der Waals surface area contributed by atoms with Gasteiger partial charge in [0.2, 0.25) is 5.95 Å². The molecule has 1 amide bonds. The van der Waals surface area contributed by atoms with E-state index in [9.17, 15) is 4.79 Å². The number of amides is 1. The number of hydrogen-bond acceptors (Lipinski definition) is 7. The standard InChI is InChI=1S/C25H27N7O2/c26-23(33)20-16-28-25(31-24(20)30-22-5-3-4-21-19(22)10-11-27-21)29-17-6-8-18(9-7-17)34-15-14-32-12-1-2-13-32/h3-11,16,27H,1-2,12-15H2,(H2,26,33)(H2,28,29,30,31). The highest BCUT2D eigenvalue weighted by Gasteiger charge is 2.14. The lowest BCUT2D eigenvalue weighted by atomic mass is 10.2. The maximum Gasteiger partial charge on any atom is 0.254 e. The molecule has 5 N–H and O–H groups in total. The van der Waals surface area contributed by atoms with Gasteiger partial charge in [0, 0.05) is 41.2 Å². The number of carbonyl (C=O) groups is 1. The van der Waals surface area contributed by atoms with E-state index in [-0.39, 0.29) is 5.56 Å². The minimum absolute atomic E-state index is 0.208. The van der Waals surface area contributed by atoms with Crippen LogP contribution in [0.3, 0.4) is 0 Å². The van der Waals surface area contributed by atoms with Crippen LogP contribution in [0.2, 0.25) is 0 Å². The van der Waals surface area contributed by atoms with Gasteiger partial charge in [-0.15, -0.1) is 0 Å². The van der Waals surface area contributed by atoms with Crippen LogP contribution in [-0.2, 0) is 0 Å². The summed E-state index contributed by atoms with van der Waals surface area (Å²) in [6, 6.07) is 15.4. The van der Waals surface area contributed by atoms with Crippen molar-refractivity contribution in [1.29, 1.82) is 0 Å². The van der Waals surface area contributed by atoms with Gasteiger partial charge in [-0.2, -0.15) is 4.98 Å². The summed E-state index contributed by atoms with van der Waals surface area (Å²) >= 11 is 0. The normalized spacial score (nSPS) is 13.8. The van der Waals surface area contributed by atoms with Crippen molar-refractivity contribution in [3.63, 3.8) is 0 Å². The van der Waals surface area contributed by atoms with Gasteiger partial charge in [-0.05, 0) is 68.4 Å². The van der Waals surface area contributed by atoms with Crippen LogP contribution < -0.4 is 21.1 Å². The summed E-state index contributed by atoms with van der Waals surface area (Å²) in [7, 11) is 0. The largest absolute Gasteiger partial charge is 0.492 e. The lowest BCUT2D eigenvalue weighted by molar-refractivity contribution is 0.100. The van der Waals surface area contributed by atoms with Crippen molar-refractivity contribution >= 4 is 40.0 Å².